The Hall–Kier alpha value is -1.24. The number of nitrogens with zero attached hydrogens (tertiary/aromatic N) is 2. The van der Waals surface area contributed by atoms with E-state index in [0.29, 0.717) is 18.2 Å². The Morgan fingerprint density at radius 2 is 2.33 bits per heavy atom. The number of nitrogens with one attached hydrogen (secondary N) is 1. The van der Waals surface area contributed by atoms with Crippen molar-refractivity contribution in [1.29, 1.82) is 0 Å². The standard InChI is InChI=1S/C12H16N4OS/c13-16-11-9-4-6-18-12(9)15-10(14-11)7-17-5-3-8-1-2-8/h4,6,8H,1-3,5,7,13H2,(H,14,15,16). The van der Waals surface area contributed by atoms with Crippen LogP contribution in [0.1, 0.15) is 25.1 Å². The minimum absolute atomic E-state index is 0.454. The molecule has 96 valence electrons. The summed E-state index contributed by atoms with van der Waals surface area (Å²) < 4.78 is 5.61. The molecule has 2 aromatic heterocycles. The fourth-order valence-electron chi connectivity index (χ4n) is 1.89. The van der Waals surface area contributed by atoms with E-state index in [4.69, 9.17) is 10.6 Å². The molecule has 0 aromatic carbocycles. The van der Waals surface area contributed by atoms with Crippen molar-refractivity contribution in [3.63, 3.8) is 0 Å². The second-order valence-corrected chi connectivity index (χ2v) is 5.45. The number of aromatic nitrogens is 2. The number of nitrogen functional groups attached to an aromatic ring is 1. The summed E-state index contributed by atoms with van der Waals surface area (Å²) in [6.45, 7) is 1.25. The second kappa shape index (κ2) is 5.17. The number of thiophene rings is 1. The summed E-state index contributed by atoms with van der Waals surface area (Å²) in [6.07, 6.45) is 3.88. The SMILES string of the molecule is NNc1nc(COCCC2CC2)nc2sccc12. The summed E-state index contributed by atoms with van der Waals surface area (Å²) >= 11 is 1.58. The van der Waals surface area contributed by atoms with Crippen molar-refractivity contribution in [1.82, 2.24) is 9.97 Å². The number of nitrogens with two attached hydrogens (primary N) is 1. The van der Waals surface area contributed by atoms with E-state index in [0.717, 1.165) is 29.2 Å². The third kappa shape index (κ3) is 2.60. The van der Waals surface area contributed by atoms with Crippen molar-refractivity contribution in [3.05, 3.63) is 17.3 Å². The molecule has 3 rings (SSSR count). The molecule has 6 heteroatoms. The Labute approximate surface area is 109 Å². The van der Waals surface area contributed by atoms with Gasteiger partial charge in [-0.2, -0.15) is 0 Å². The van der Waals surface area contributed by atoms with E-state index >= 15 is 0 Å². The smallest absolute Gasteiger partial charge is 0.158 e. The first-order chi connectivity index (χ1) is 8.86. The molecule has 0 saturated heterocycles. The van der Waals surface area contributed by atoms with Crippen molar-refractivity contribution < 1.29 is 4.74 Å². The average Bonchev–Trinajstić information content (AvgIpc) is 3.09. The van der Waals surface area contributed by atoms with Gasteiger partial charge in [0, 0.05) is 6.61 Å². The van der Waals surface area contributed by atoms with Gasteiger partial charge >= 0.3 is 0 Å². The number of hydrogen-bond donors (Lipinski definition) is 2. The maximum atomic E-state index is 5.61. The molecule has 1 aliphatic carbocycles. The molecule has 0 amide bonds. The molecule has 0 aliphatic heterocycles. The van der Waals surface area contributed by atoms with E-state index in [2.05, 4.69) is 15.4 Å². The van der Waals surface area contributed by atoms with E-state index in [9.17, 15) is 0 Å². The quantitative estimate of drug-likeness (QED) is 0.476. The predicted molar refractivity (Wildman–Crippen MR) is 72.2 cm³/mol. The molecule has 5 nitrogen and oxygen atoms in total. The zero-order valence-electron chi connectivity index (χ0n) is 10.1. The molecule has 2 aromatic rings. The van der Waals surface area contributed by atoms with E-state index in [1.165, 1.54) is 12.8 Å². The number of rotatable bonds is 6. The second-order valence-electron chi connectivity index (χ2n) is 4.56. The summed E-state index contributed by atoms with van der Waals surface area (Å²) in [4.78, 5) is 9.76. The molecule has 1 saturated carbocycles. The van der Waals surface area contributed by atoms with Gasteiger partial charge in [0.2, 0.25) is 0 Å². The van der Waals surface area contributed by atoms with E-state index in [1.807, 2.05) is 11.4 Å². The van der Waals surface area contributed by atoms with Gasteiger partial charge in [0.1, 0.15) is 11.4 Å². The fraction of sp³-hybridized carbons (Fsp3) is 0.500. The first-order valence-corrected chi connectivity index (χ1v) is 7.03. The van der Waals surface area contributed by atoms with Gasteiger partial charge in [0.25, 0.3) is 0 Å². The zero-order chi connectivity index (χ0) is 12.4. The third-order valence-electron chi connectivity index (χ3n) is 3.11. The summed E-state index contributed by atoms with van der Waals surface area (Å²) in [6, 6.07) is 1.97. The highest BCUT2D eigenvalue weighted by Gasteiger charge is 2.20. The van der Waals surface area contributed by atoms with Crippen LogP contribution < -0.4 is 11.3 Å². The van der Waals surface area contributed by atoms with Crippen molar-refractivity contribution in [2.24, 2.45) is 11.8 Å². The molecule has 1 fully saturated rings. The first-order valence-electron chi connectivity index (χ1n) is 6.15. The highest BCUT2D eigenvalue weighted by Crippen LogP contribution is 2.32. The van der Waals surface area contributed by atoms with Crippen LogP contribution in [0.3, 0.4) is 0 Å². The van der Waals surface area contributed by atoms with Gasteiger partial charge in [-0.05, 0) is 23.8 Å². The van der Waals surface area contributed by atoms with E-state index in [1.54, 1.807) is 11.3 Å². The lowest BCUT2D eigenvalue weighted by molar-refractivity contribution is 0.110. The van der Waals surface area contributed by atoms with Crippen LogP contribution in [0.4, 0.5) is 5.82 Å². The number of fused-ring (bicyclic) bond motifs is 1. The minimum atomic E-state index is 0.454. The largest absolute Gasteiger partial charge is 0.373 e. The Morgan fingerprint density at radius 1 is 1.44 bits per heavy atom. The van der Waals surface area contributed by atoms with Crippen LogP contribution in [-0.2, 0) is 11.3 Å². The number of anilines is 1. The fourth-order valence-corrected chi connectivity index (χ4v) is 2.68. The van der Waals surface area contributed by atoms with Crippen LogP contribution in [0, 0.1) is 5.92 Å². The monoisotopic (exact) mass is 264 g/mol. The van der Waals surface area contributed by atoms with Crippen LogP contribution in [0.15, 0.2) is 11.4 Å². The van der Waals surface area contributed by atoms with Crippen molar-refractivity contribution in [2.75, 3.05) is 12.0 Å². The predicted octanol–water partition coefficient (Wildman–Crippen LogP) is 2.29. The summed E-state index contributed by atoms with van der Waals surface area (Å²) in [7, 11) is 0. The van der Waals surface area contributed by atoms with E-state index in [-0.39, 0.29) is 0 Å². The lowest BCUT2D eigenvalue weighted by Gasteiger charge is -2.06. The maximum Gasteiger partial charge on any atom is 0.158 e. The first kappa shape index (κ1) is 11.8. The third-order valence-corrected chi connectivity index (χ3v) is 3.91. The van der Waals surface area contributed by atoms with E-state index < -0.39 is 0 Å². The minimum Gasteiger partial charge on any atom is -0.373 e. The Kier molecular flexibility index (Phi) is 3.40. The molecule has 0 bridgehead atoms. The van der Waals surface area contributed by atoms with Crippen LogP contribution in [0.5, 0.6) is 0 Å². The molecule has 0 radical (unpaired) electrons. The molecular weight excluding hydrogens is 248 g/mol. The molecular formula is C12H16N4OS. The zero-order valence-corrected chi connectivity index (χ0v) is 10.9. The molecule has 1 aliphatic rings. The van der Waals surface area contributed by atoms with Crippen LogP contribution in [0.25, 0.3) is 10.2 Å². The number of ether oxygens (including phenoxy) is 1. The van der Waals surface area contributed by atoms with Crippen molar-refractivity contribution in [3.8, 4) is 0 Å². The van der Waals surface area contributed by atoms with Gasteiger partial charge in [-0.3, -0.25) is 0 Å². The highest BCUT2D eigenvalue weighted by molar-refractivity contribution is 7.16. The topological polar surface area (TPSA) is 73.1 Å². The van der Waals surface area contributed by atoms with Crippen LogP contribution >= 0.6 is 11.3 Å². The van der Waals surface area contributed by atoms with Gasteiger partial charge in [-0.25, -0.2) is 15.8 Å². The Bertz CT molecular complexity index is 538. The lowest BCUT2D eigenvalue weighted by Crippen LogP contribution is -2.11. The van der Waals surface area contributed by atoms with Crippen molar-refractivity contribution in [2.45, 2.75) is 25.9 Å². The van der Waals surface area contributed by atoms with Crippen LogP contribution in [0.2, 0.25) is 0 Å². The van der Waals surface area contributed by atoms with Gasteiger partial charge < -0.3 is 10.2 Å². The summed E-state index contributed by atoms with van der Waals surface area (Å²) in [5.74, 6) is 7.72. The van der Waals surface area contributed by atoms with Gasteiger partial charge in [-0.15, -0.1) is 11.3 Å². The highest BCUT2D eigenvalue weighted by atomic mass is 32.1. The normalized spacial score (nSPS) is 15.2. The Balaban J connectivity index is 1.66. The molecule has 0 spiro atoms. The summed E-state index contributed by atoms with van der Waals surface area (Å²) in [5.41, 5.74) is 2.62. The summed E-state index contributed by atoms with van der Waals surface area (Å²) in [5, 5.41) is 2.95. The lowest BCUT2D eigenvalue weighted by atomic mass is 10.3. The molecule has 0 unspecified atom stereocenters. The van der Waals surface area contributed by atoms with Crippen molar-refractivity contribution >= 4 is 27.4 Å². The maximum absolute atomic E-state index is 5.61. The van der Waals surface area contributed by atoms with Gasteiger partial charge in [0.15, 0.2) is 11.6 Å². The number of hydrogen-bond acceptors (Lipinski definition) is 6. The molecule has 2 heterocycles. The average molecular weight is 264 g/mol. The number of hydrazine groups is 1. The molecule has 3 N–H and O–H groups in total. The Morgan fingerprint density at radius 3 is 3.11 bits per heavy atom. The van der Waals surface area contributed by atoms with Gasteiger partial charge in [0.05, 0.1) is 5.39 Å². The molecule has 18 heavy (non-hydrogen) atoms. The molecule has 0 atom stereocenters. The van der Waals surface area contributed by atoms with Gasteiger partial charge in [-0.1, -0.05) is 12.8 Å². The van der Waals surface area contributed by atoms with Crippen LogP contribution in [-0.4, -0.2) is 16.6 Å².